The summed E-state index contributed by atoms with van der Waals surface area (Å²) >= 11 is 9.33. The van der Waals surface area contributed by atoms with Crippen LogP contribution in [0.25, 0.3) is 0 Å². The van der Waals surface area contributed by atoms with Crippen molar-refractivity contribution in [1.29, 1.82) is 0 Å². The summed E-state index contributed by atoms with van der Waals surface area (Å²) in [4.78, 5) is 11.9. The molecule has 3 nitrogen and oxygen atoms in total. The van der Waals surface area contributed by atoms with E-state index in [4.69, 9.17) is 11.6 Å². The monoisotopic (exact) mass is 350 g/mol. The van der Waals surface area contributed by atoms with E-state index in [-0.39, 0.29) is 5.91 Å². The van der Waals surface area contributed by atoms with Gasteiger partial charge in [-0.1, -0.05) is 51.8 Å². The van der Waals surface area contributed by atoms with Crippen molar-refractivity contribution in [3.63, 3.8) is 0 Å². The highest BCUT2D eigenvalue weighted by molar-refractivity contribution is 9.10. The molecular formula is C15H12BrClN2O. The Balaban J connectivity index is 2.11. The fraction of sp³-hybridized carbons (Fsp3) is 0.0667. The van der Waals surface area contributed by atoms with Gasteiger partial charge in [-0.15, -0.1) is 0 Å². The average Bonchev–Trinajstić information content (AvgIpc) is 2.45. The number of hydrogen-bond donors (Lipinski definition) is 1. The molecule has 0 aliphatic heterocycles. The topological polar surface area (TPSA) is 41.5 Å². The van der Waals surface area contributed by atoms with Crippen LogP contribution in [0.15, 0.2) is 58.1 Å². The Labute approximate surface area is 130 Å². The molecule has 2 rings (SSSR count). The second kappa shape index (κ2) is 6.68. The number of halogens is 2. The molecule has 0 heterocycles. The number of nitrogens with zero attached hydrogens (tertiary/aromatic N) is 1. The van der Waals surface area contributed by atoms with Crippen LogP contribution in [-0.4, -0.2) is 11.6 Å². The Kier molecular flexibility index (Phi) is 4.93. The largest absolute Gasteiger partial charge is 0.272 e. The standard InChI is InChI=1S/C15H12BrClN2O/c1-10(11-6-8-12(16)9-7-11)18-19-15(20)13-4-2-3-5-14(13)17/h2-9H,1H3,(H,19,20)/b18-10+. The highest BCUT2D eigenvalue weighted by atomic mass is 79.9. The minimum absolute atomic E-state index is 0.327. The fourth-order valence-electron chi connectivity index (χ4n) is 1.60. The molecule has 0 saturated carbocycles. The number of hydrazone groups is 1. The third-order valence-electron chi connectivity index (χ3n) is 2.71. The smallest absolute Gasteiger partial charge is 0.267 e. The Morgan fingerprint density at radius 3 is 2.45 bits per heavy atom. The Bertz CT molecular complexity index is 653. The second-order valence-electron chi connectivity index (χ2n) is 4.12. The molecule has 1 amide bonds. The van der Waals surface area contributed by atoms with Gasteiger partial charge in [0.25, 0.3) is 5.91 Å². The summed E-state index contributed by atoms with van der Waals surface area (Å²) in [5.74, 6) is -0.327. The van der Waals surface area contributed by atoms with Crippen molar-refractivity contribution >= 4 is 39.1 Å². The van der Waals surface area contributed by atoms with Gasteiger partial charge in [-0.2, -0.15) is 5.10 Å². The maximum absolute atomic E-state index is 11.9. The molecule has 5 heteroatoms. The van der Waals surface area contributed by atoms with E-state index in [0.29, 0.717) is 10.6 Å². The molecule has 2 aromatic carbocycles. The zero-order chi connectivity index (χ0) is 14.5. The summed E-state index contributed by atoms with van der Waals surface area (Å²) < 4.78 is 0.995. The Hall–Kier alpha value is -1.65. The van der Waals surface area contributed by atoms with Crippen LogP contribution < -0.4 is 5.43 Å². The van der Waals surface area contributed by atoms with E-state index >= 15 is 0 Å². The van der Waals surface area contributed by atoms with Gasteiger partial charge in [0.2, 0.25) is 0 Å². The first-order valence-corrected chi connectivity index (χ1v) is 7.10. The molecule has 1 N–H and O–H groups in total. The van der Waals surface area contributed by atoms with Crippen LogP contribution in [0.1, 0.15) is 22.8 Å². The number of rotatable bonds is 3. The summed E-state index contributed by atoms with van der Waals surface area (Å²) in [5.41, 5.74) is 4.57. The number of nitrogens with one attached hydrogen (secondary N) is 1. The van der Waals surface area contributed by atoms with Gasteiger partial charge in [-0.25, -0.2) is 5.43 Å². The van der Waals surface area contributed by atoms with E-state index in [2.05, 4.69) is 26.5 Å². The van der Waals surface area contributed by atoms with Crippen LogP contribution >= 0.6 is 27.5 Å². The molecule has 102 valence electrons. The van der Waals surface area contributed by atoms with Gasteiger partial charge < -0.3 is 0 Å². The highest BCUT2D eigenvalue weighted by Crippen LogP contribution is 2.14. The maximum Gasteiger partial charge on any atom is 0.272 e. The quantitative estimate of drug-likeness (QED) is 0.651. The van der Waals surface area contributed by atoms with E-state index < -0.39 is 0 Å². The van der Waals surface area contributed by atoms with Gasteiger partial charge in [0, 0.05) is 4.47 Å². The molecule has 0 aliphatic rings. The van der Waals surface area contributed by atoms with Crippen LogP contribution in [0, 0.1) is 0 Å². The van der Waals surface area contributed by atoms with Crippen LogP contribution in [0.3, 0.4) is 0 Å². The summed E-state index contributed by atoms with van der Waals surface area (Å²) in [7, 11) is 0. The van der Waals surface area contributed by atoms with Gasteiger partial charge in [-0.05, 0) is 36.8 Å². The van der Waals surface area contributed by atoms with Crippen molar-refractivity contribution in [2.45, 2.75) is 6.92 Å². The van der Waals surface area contributed by atoms with Crippen LogP contribution in [0.2, 0.25) is 5.02 Å². The van der Waals surface area contributed by atoms with Crippen molar-refractivity contribution < 1.29 is 4.79 Å². The number of hydrogen-bond acceptors (Lipinski definition) is 2. The molecule has 0 spiro atoms. The van der Waals surface area contributed by atoms with E-state index in [0.717, 1.165) is 15.7 Å². The normalized spacial score (nSPS) is 11.2. The molecule has 0 aromatic heterocycles. The zero-order valence-corrected chi connectivity index (χ0v) is 13.1. The van der Waals surface area contributed by atoms with Crippen molar-refractivity contribution in [2.24, 2.45) is 5.10 Å². The van der Waals surface area contributed by atoms with Crippen LogP contribution in [0.5, 0.6) is 0 Å². The Morgan fingerprint density at radius 2 is 1.80 bits per heavy atom. The van der Waals surface area contributed by atoms with Gasteiger partial charge in [0.1, 0.15) is 0 Å². The lowest BCUT2D eigenvalue weighted by atomic mass is 10.1. The summed E-state index contributed by atoms with van der Waals surface area (Å²) in [6, 6.07) is 14.5. The van der Waals surface area contributed by atoms with Crippen molar-refractivity contribution in [2.75, 3.05) is 0 Å². The second-order valence-corrected chi connectivity index (χ2v) is 5.45. The van der Waals surface area contributed by atoms with Crippen LogP contribution in [-0.2, 0) is 0 Å². The number of amides is 1. The van der Waals surface area contributed by atoms with Gasteiger partial charge in [-0.3, -0.25) is 4.79 Å². The highest BCUT2D eigenvalue weighted by Gasteiger charge is 2.08. The zero-order valence-electron chi connectivity index (χ0n) is 10.7. The van der Waals surface area contributed by atoms with E-state index in [9.17, 15) is 4.79 Å². The molecule has 0 fully saturated rings. The van der Waals surface area contributed by atoms with Crippen LogP contribution in [0.4, 0.5) is 0 Å². The maximum atomic E-state index is 11.9. The predicted molar refractivity (Wildman–Crippen MR) is 85.3 cm³/mol. The van der Waals surface area contributed by atoms with E-state index in [1.165, 1.54) is 0 Å². The summed E-state index contributed by atoms with van der Waals surface area (Å²) in [6.07, 6.45) is 0. The molecule has 0 unspecified atom stereocenters. The molecule has 2 aromatic rings. The van der Waals surface area contributed by atoms with Gasteiger partial charge in [0.15, 0.2) is 0 Å². The third kappa shape index (κ3) is 3.68. The molecule has 0 bridgehead atoms. The van der Waals surface area contributed by atoms with Crippen molar-refractivity contribution in [3.05, 3.63) is 69.2 Å². The van der Waals surface area contributed by atoms with E-state index in [1.54, 1.807) is 24.3 Å². The molecular weight excluding hydrogens is 340 g/mol. The third-order valence-corrected chi connectivity index (χ3v) is 3.56. The minimum Gasteiger partial charge on any atom is -0.267 e. The van der Waals surface area contributed by atoms with Crippen molar-refractivity contribution in [1.82, 2.24) is 5.43 Å². The first kappa shape index (κ1) is 14.8. The molecule has 20 heavy (non-hydrogen) atoms. The number of benzene rings is 2. The number of carbonyl (C=O) groups excluding carboxylic acids is 1. The van der Waals surface area contributed by atoms with Gasteiger partial charge >= 0.3 is 0 Å². The molecule has 0 atom stereocenters. The summed E-state index contributed by atoms with van der Waals surface area (Å²) in [5, 5.41) is 4.49. The molecule has 0 radical (unpaired) electrons. The SMILES string of the molecule is C/C(=N\NC(=O)c1ccccc1Cl)c1ccc(Br)cc1. The lowest BCUT2D eigenvalue weighted by Crippen LogP contribution is -2.19. The van der Waals surface area contributed by atoms with E-state index in [1.807, 2.05) is 31.2 Å². The Morgan fingerprint density at radius 1 is 1.15 bits per heavy atom. The lowest BCUT2D eigenvalue weighted by Gasteiger charge is -2.04. The molecule has 0 aliphatic carbocycles. The summed E-state index contributed by atoms with van der Waals surface area (Å²) in [6.45, 7) is 1.83. The number of carbonyl (C=O) groups is 1. The minimum atomic E-state index is -0.327. The van der Waals surface area contributed by atoms with Gasteiger partial charge in [0.05, 0.1) is 16.3 Å². The van der Waals surface area contributed by atoms with Crippen molar-refractivity contribution in [3.8, 4) is 0 Å². The predicted octanol–water partition coefficient (Wildman–Crippen LogP) is 4.26. The fourth-order valence-corrected chi connectivity index (χ4v) is 2.08. The average molecular weight is 352 g/mol. The first-order chi connectivity index (χ1) is 9.58. The first-order valence-electron chi connectivity index (χ1n) is 5.93. The molecule has 0 saturated heterocycles. The lowest BCUT2D eigenvalue weighted by molar-refractivity contribution is 0.0955.